The summed E-state index contributed by atoms with van der Waals surface area (Å²) in [5.41, 5.74) is 6.19. The summed E-state index contributed by atoms with van der Waals surface area (Å²) in [5.74, 6) is 0.327. The highest BCUT2D eigenvalue weighted by atomic mass is 19.4. The molecule has 1 aromatic rings. The van der Waals surface area contributed by atoms with Gasteiger partial charge in [0.05, 0.1) is 6.61 Å². The van der Waals surface area contributed by atoms with Crippen LogP contribution >= 0.6 is 0 Å². The number of rotatable bonds is 4. The van der Waals surface area contributed by atoms with E-state index in [1.807, 2.05) is 0 Å². The summed E-state index contributed by atoms with van der Waals surface area (Å²) < 4.78 is 39.5. The topological polar surface area (TPSA) is 48.1 Å². The standard InChI is InChI=1S/C9H11F3N2O/c10-9(11,12)6-15-5-3-7-2-1-4-14-8(7)13/h1-2,4H,3,5-6H2,(H2,13,14). The van der Waals surface area contributed by atoms with Crippen molar-refractivity contribution in [3.05, 3.63) is 23.9 Å². The minimum atomic E-state index is -4.28. The number of nitrogens with zero attached hydrogens (tertiary/aromatic N) is 1. The fourth-order valence-corrected chi connectivity index (χ4v) is 1.03. The van der Waals surface area contributed by atoms with Gasteiger partial charge in [0, 0.05) is 6.20 Å². The number of hydrogen-bond acceptors (Lipinski definition) is 3. The Hall–Kier alpha value is -1.30. The second-order valence-electron chi connectivity index (χ2n) is 2.97. The number of nitrogens with two attached hydrogens (primary N) is 1. The molecule has 3 nitrogen and oxygen atoms in total. The predicted molar refractivity (Wildman–Crippen MR) is 49.2 cm³/mol. The van der Waals surface area contributed by atoms with Gasteiger partial charge in [-0.3, -0.25) is 0 Å². The summed E-state index contributed by atoms with van der Waals surface area (Å²) in [6, 6.07) is 3.38. The number of pyridine rings is 1. The molecule has 6 heteroatoms. The number of halogens is 3. The van der Waals surface area contributed by atoms with Crippen molar-refractivity contribution in [2.75, 3.05) is 18.9 Å². The van der Waals surface area contributed by atoms with Crippen LogP contribution in [0.3, 0.4) is 0 Å². The van der Waals surface area contributed by atoms with E-state index >= 15 is 0 Å². The second kappa shape index (κ2) is 4.97. The van der Waals surface area contributed by atoms with E-state index in [1.165, 1.54) is 6.20 Å². The second-order valence-corrected chi connectivity index (χ2v) is 2.97. The zero-order valence-electron chi connectivity index (χ0n) is 7.92. The average Bonchev–Trinajstić information content (AvgIpc) is 2.13. The van der Waals surface area contributed by atoms with Gasteiger partial charge in [0.15, 0.2) is 0 Å². The zero-order valence-corrected chi connectivity index (χ0v) is 7.92. The normalized spacial score (nSPS) is 11.7. The number of hydrogen-bond donors (Lipinski definition) is 1. The first-order valence-corrected chi connectivity index (χ1v) is 4.33. The summed E-state index contributed by atoms with van der Waals surface area (Å²) in [6.45, 7) is -1.25. The molecule has 2 N–H and O–H groups in total. The molecule has 15 heavy (non-hydrogen) atoms. The van der Waals surface area contributed by atoms with E-state index < -0.39 is 12.8 Å². The summed E-state index contributed by atoms with van der Waals surface area (Å²) in [5, 5.41) is 0. The van der Waals surface area contributed by atoms with E-state index in [0.717, 1.165) is 0 Å². The van der Waals surface area contributed by atoms with Gasteiger partial charge in [-0.2, -0.15) is 13.2 Å². The molecule has 0 radical (unpaired) electrons. The van der Waals surface area contributed by atoms with Crippen LogP contribution in [0.25, 0.3) is 0 Å². The minimum Gasteiger partial charge on any atom is -0.383 e. The highest BCUT2D eigenvalue weighted by Gasteiger charge is 2.27. The molecule has 0 atom stereocenters. The fourth-order valence-electron chi connectivity index (χ4n) is 1.03. The Morgan fingerprint density at radius 2 is 2.13 bits per heavy atom. The van der Waals surface area contributed by atoms with E-state index in [2.05, 4.69) is 9.72 Å². The van der Waals surface area contributed by atoms with Crippen molar-refractivity contribution in [3.63, 3.8) is 0 Å². The van der Waals surface area contributed by atoms with Crippen molar-refractivity contribution in [1.29, 1.82) is 0 Å². The fraction of sp³-hybridized carbons (Fsp3) is 0.444. The molecule has 0 aliphatic carbocycles. The molecule has 1 heterocycles. The molecule has 0 bridgehead atoms. The van der Waals surface area contributed by atoms with Crippen LogP contribution in [0.15, 0.2) is 18.3 Å². The number of anilines is 1. The monoisotopic (exact) mass is 220 g/mol. The Bertz CT molecular complexity index is 314. The third kappa shape index (κ3) is 4.64. The Morgan fingerprint density at radius 3 is 2.73 bits per heavy atom. The number of nitrogen functional groups attached to an aromatic ring is 1. The lowest BCUT2D eigenvalue weighted by Crippen LogP contribution is -2.18. The molecule has 0 saturated heterocycles. The van der Waals surface area contributed by atoms with Gasteiger partial charge in [0.1, 0.15) is 12.4 Å². The van der Waals surface area contributed by atoms with Crippen molar-refractivity contribution in [3.8, 4) is 0 Å². The minimum absolute atomic E-state index is 0.0184. The van der Waals surface area contributed by atoms with Crippen LogP contribution in [0.1, 0.15) is 5.56 Å². The summed E-state index contributed by atoms with van der Waals surface area (Å²) in [6.07, 6.45) is -2.42. The molecule has 0 amide bonds. The first-order chi connectivity index (χ1) is 6.99. The van der Waals surface area contributed by atoms with Crippen LogP contribution in [0.4, 0.5) is 19.0 Å². The molecule has 1 aromatic heterocycles. The maximum atomic E-state index is 11.7. The molecule has 0 aliphatic heterocycles. The van der Waals surface area contributed by atoms with E-state index in [-0.39, 0.29) is 6.61 Å². The summed E-state index contributed by atoms with van der Waals surface area (Å²) in [7, 11) is 0. The number of alkyl halides is 3. The maximum absolute atomic E-state index is 11.7. The van der Waals surface area contributed by atoms with Crippen molar-refractivity contribution >= 4 is 5.82 Å². The Morgan fingerprint density at radius 1 is 1.40 bits per heavy atom. The highest BCUT2D eigenvalue weighted by molar-refractivity contribution is 5.38. The van der Waals surface area contributed by atoms with Crippen LogP contribution < -0.4 is 5.73 Å². The molecule has 0 fully saturated rings. The van der Waals surface area contributed by atoms with Crippen molar-refractivity contribution in [2.24, 2.45) is 0 Å². The van der Waals surface area contributed by atoms with Crippen LogP contribution in [0.5, 0.6) is 0 Å². The van der Waals surface area contributed by atoms with Gasteiger partial charge < -0.3 is 10.5 Å². The third-order valence-corrected chi connectivity index (χ3v) is 1.71. The van der Waals surface area contributed by atoms with Crippen molar-refractivity contribution < 1.29 is 17.9 Å². The van der Waals surface area contributed by atoms with Crippen molar-refractivity contribution in [1.82, 2.24) is 4.98 Å². The number of ether oxygens (including phenoxy) is 1. The van der Waals surface area contributed by atoms with Crippen LogP contribution in [0.2, 0.25) is 0 Å². The van der Waals surface area contributed by atoms with E-state index in [0.29, 0.717) is 17.8 Å². The lowest BCUT2D eigenvalue weighted by atomic mass is 10.2. The lowest BCUT2D eigenvalue weighted by Gasteiger charge is -2.08. The Balaban J connectivity index is 2.30. The van der Waals surface area contributed by atoms with Crippen LogP contribution in [0, 0.1) is 0 Å². The third-order valence-electron chi connectivity index (χ3n) is 1.71. The molecular formula is C9H11F3N2O. The summed E-state index contributed by atoms with van der Waals surface area (Å²) in [4.78, 5) is 3.81. The van der Waals surface area contributed by atoms with Gasteiger partial charge in [0.25, 0.3) is 0 Å². The molecule has 0 spiro atoms. The van der Waals surface area contributed by atoms with Gasteiger partial charge in [0.2, 0.25) is 0 Å². The average molecular weight is 220 g/mol. The van der Waals surface area contributed by atoms with Crippen molar-refractivity contribution in [2.45, 2.75) is 12.6 Å². The summed E-state index contributed by atoms with van der Waals surface area (Å²) >= 11 is 0. The number of aromatic nitrogens is 1. The highest BCUT2D eigenvalue weighted by Crippen LogP contribution is 2.15. The SMILES string of the molecule is Nc1ncccc1CCOCC(F)(F)F. The molecule has 0 aromatic carbocycles. The van der Waals surface area contributed by atoms with Gasteiger partial charge in [-0.1, -0.05) is 6.07 Å². The van der Waals surface area contributed by atoms with Gasteiger partial charge in [-0.25, -0.2) is 4.98 Å². The molecular weight excluding hydrogens is 209 g/mol. The quantitative estimate of drug-likeness (QED) is 0.787. The Labute approximate surface area is 85.1 Å². The van der Waals surface area contributed by atoms with E-state index in [4.69, 9.17) is 5.73 Å². The van der Waals surface area contributed by atoms with E-state index in [1.54, 1.807) is 12.1 Å². The van der Waals surface area contributed by atoms with Gasteiger partial charge in [-0.05, 0) is 18.1 Å². The molecule has 0 saturated carbocycles. The molecule has 1 rings (SSSR count). The Kier molecular flexibility index (Phi) is 3.90. The first kappa shape index (κ1) is 11.8. The first-order valence-electron chi connectivity index (χ1n) is 4.33. The molecule has 0 aliphatic rings. The maximum Gasteiger partial charge on any atom is 0.411 e. The zero-order chi connectivity index (χ0) is 11.3. The van der Waals surface area contributed by atoms with Crippen LogP contribution in [-0.2, 0) is 11.2 Å². The largest absolute Gasteiger partial charge is 0.411 e. The lowest BCUT2D eigenvalue weighted by molar-refractivity contribution is -0.173. The smallest absolute Gasteiger partial charge is 0.383 e. The predicted octanol–water partition coefficient (Wildman–Crippen LogP) is 1.79. The molecule has 84 valence electrons. The molecule has 0 unspecified atom stereocenters. The van der Waals surface area contributed by atoms with Gasteiger partial charge in [-0.15, -0.1) is 0 Å². The van der Waals surface area contributed by atoms with E-state index in [9.17, 15) is 13.2 Å². The van der Waals surface area contributed by atoms with Crippen LogP contribution in [-0.4, -0.2) is 24.4 Å². The van der Waals surface area contributed by atoms with Gasteiger partial charge >= 0.3 is 6.18 Å².